The molecular formula is C36H58N6O2. The average molecular weight is 607 g/mol. The highest BCUT2D eigenvalue weighted by molar-refractivity contribution is 5.90. The van der Waals surface area contributed by atoms with E-state index in [0.717, 1.165) is 61.5 Å². The highest BCUT2D eigenvalue weighted by atomic mass is 16.2. The molecule has 2 aromatic carbocycles. The molecule has 1 aliphatic carbocycles. The zero-order valence-electron chi connectivity index (χ0n) is 29.0. The minimum absolute atomic E-state index is 0.00305. The summed E-state index contributed by atoms with van der Waals surface area (Å²) in [6.07, 6.45) is 4.25. The molecule has 244 valence electrons. The minimum atomic E-state index is -0.0358. The van der Waals surface area contributed by atoms with Gasteiger partial charge in [0, 0.05) is 77.1 Å². The molecule has 8 heteroatoms. The maximum Gasteiger partial charge on any atom is 0.321 e. The summed E-state index contributed by atoms with van der Waals surface area (Å²) in [4.78, 5) is 35.0. The van der Waals surface area contributed by atoms with Gasteiger partial charge in [-0.15, -0.1) is 0 Å². The first-order valence-electron chi connectivity index (χ1n) is 16.2. The van der Waals surface area contributed by atoms with Crippen molar-refractivity contribution < 1.29 is 9.59 Å². The van der Waals surface area contributed by atoms with E-state index in [4.69, 9.17) is 0 Å². The minimum Gasteiger partial charge on any atom is -0.378 e. The summed E-state index contributed by atoms with van der Waals surface area (Å²) < 4.78 is 0. The molecule has 0 heterocycles. The third kappa shape index (κ3) is 11.6. The van der Waals surface area contributed by atoms with Crippen molar-refractivity contribution in [3.05, 3.63) is 48.5 Å². The van der Waals surface area contributed by atoms with Crippen LogP contribution in [0.25, 0.3) is 0 Å². The van der Waals surface area contributed by atoms with Gasteiger partial charge in [-0.3, -0.25) is 0 Å². The highest BCUT2D eigenvalue weighted by Crippen LogP contribution is 2.32. The second kappa shape index (κ2) is 15.0. The molecule has 0 spiro atoms. The van der Waals surface area contributed by atoms with Gasteiger partial charge in [-0.1, -0.05) is 41.5 Å². The van der Waals surface area contributed by atoms with E-state index in [0.29, 0.717) is 24.9 Å². The van der Waals surface area contributed by atoms with Crippen LogP contribution in [0.3, 0.4) is 0 Å². The molecule has 0 unspecified atom stereocenters. The van der Waals surface area contributed by atoms with Gasteiger partial charge in [0.1, 0.15) is 0 Å². The fourth-order valence-electron chi connectivity index (χ4n) is 5.89. The number of carbonyl (C=O) groups is 2. The molecule has 2 aromatic rings. The van der Waals surface area contributed by atoms with Gasteiger partial charge in [-0.05, 0) is 96.9 Å². The second-order valence-corrected chi connectivity index (χ2v) is 15.5. The number of urea groups is 2. The Kier molecular flexibility index (Phi) is 12.0. The van der Waals surface area contributed by atoms with E-state index in [-0.39, 0.29) is 22.9 Å². The van der Waals surface area contributed by atoms with Gasteiger partial charge in [-0.25, -0.2) is 9.59 Å². The fraction of sp³-hybridized carbons (Fsp3) is 0.611. The molecule has 8 nitrogen and oxygen atoms in total. The van der Waals surface area contributed by atoms with Crippen molar-refractivity contribution in [2.75, 3.05) is 74.8 Å². The molecule has 1 saturated carbocycles. The maximum atomic E-state index is 13.5. The highest BCUT2D eigenvalue weighted by Gasteiger charge is 2.30. The van der Waals surface area contributed by atoms with Gasteiger partial charge < -0.3 is 30.2 Å². The lowest BCUT2D eigenvalue weighted by atomic mass is 9.81. The average Bonchev–Trinajstić information content (AvgIpc) is 2.92. The molecule has 0 saturated heterocycles. The molecule has 0 atom stereocenters. The molecule has 2 N–H and O–H groups in total. The van der Waals surface area contributed by atoms with Crippen molar-refractivity contribution in [1.29, 1.82) is 0 Å². The molecule has 0 aromatic heterocycles. The van der Waals surface area contributed by atoms with Gasteiger partial charge in [-0.2, -0.15) is 0 Å². The van der Waals surface area contributed by atoms with Gasteiger partial charge in [0.15, 0.2) is 0 Å². The SMILES string of the molecule is CN(C)c1ccc(NC(=O)N(CC(C)(C)C)C[C@H]2CC[C@H](CN(CC(C)(C)C)C(=O)Nc3ccc(N(C)C)cc3)CC2)cc1. The lowest BCUT2D eigenvalue weighted by molar-refractivity contribution is 0.135. The summed E-state index contributed by atoms with van der Waals surface area (Å²) in [7, 11) is 8.04. The number of nitrogens with zero attached hydrogens (tertiary/aromatic N) is 4. The van der Waals surface area contributed by atoms with Gasteiger partial charge >= 0.3 is 12.1 Å². The van der Waals surface area contributed by atoms with Gasteiger partial charge in [0.25, 0.3) is 0 Å². The first-order chi connectivity index (χ1) is 20.5. The number of rotatable bonds is 10. The summed E-state index contributed by atoms with van der Waals surface area (Å²) in [5, 5.41) is 6.27. The molecule has 0 radical (unpaired) electrons. The van der Waals surface area contributed by atoms with E-state index in [9.17, 15) is 9.59 Å². The van der Waals surface area contributed by atoms with Crippen LogP contribution in [-0.4, -0.2) is 76.2 Å². The quantitative estimate of drug-likeness (QED) is 0.287. The van der Waals surface area contributed by atoms with Crippen molar-refractivity contribution in [2.45, 2.75) is 67.2 Å². The number of nitrogens with one attached hydrogen (secondary N) is 2. The Morgan fingerprint density at radius 2 is 0.886 bits per heavy atom. The Balaban J connectivity index is 1.59. The third-order valence-corrected chi connectivity index (χ3v) is 8.10. The summed E-state index contributed by atoms with van der Waals surface area (Å²) in [6, 6.07) is 15.9. The molecular weight excluding hydrogens is 548 g/mol. The van der Waals surface area contributed by atoms with Crippen LogP contribution in [0.5, 0.6) is 0 Å². The van der Waals surface area contributed by atoms with E-state index in [1.54, 1.807) is 0 Å². The lowest BCUT2D eigenvalue weighted by Crippen LogP contribution is -2.45. The summed E-state index contributed by atoms with van der Waals surface area (Å²) in [5.41, 5.74) is 3.82. The zero-order chi connectivity index (χ0) is 32.7. The first-order valence-corrected chi connectivity index (χ1v) is 16.2. The molecule has 0 bridgehead atoms. The van der Waals surface area contributed by atoms with Crippen molar-refractivity contribution >= 4 is 34.8 Å². The van der Waals surface area contributed by atoms with Crippen LogP contribution in [0, 0.1) is 22.7 Å². The standard InChI is InChI=1S/C36H58N6O2/c1-35(2,3)25-41(33(43)37-29-15-19-31(20-16-29)39(7)8)23-27-11-13-28(14-12-27)24-42(26-36(4,5)6)34(44)38-30-17-21-32(22-18-30)40(9)10/h15-22,27-28H,11-14,23-26H2,1-10H3,(H,37,43)(H,38,44)/t27-,28-. The van der Waals surface area contributed by atoms with E-state index in [1.807, 2.05) is 96.3 Å². The van der Waals surface area contributed by atoms with Gasteiger partial charge in [0.05, 0.1) is 0 Å². The smallest absolute Gasteiger partial charge is 0.321 e. The van der Waals surface area contributed by atoms with Crippen LogP contribution in [0.15, 0.2) is 48.5 Å². The summed E-state index contributed by atoms with van der Waals surface area (Å²) in [5.74, 6) is 0.908. The number of benzene rings is 2. The lowest BCUT2D eigenvalue weighted by Gasteiger charge is -2.38. The van der Waals surface area contributed by atoms with Crippen molar-refractivity contribution in [3.63, 3.8) is 0 Å². The predicted molar refractivity (Wildman–Crippen MR) is 187 cm³/mol. The van der Waals surface area contributed by atoms with Crippen LogP contribution in [0.2, 0.25) is 0 Å². The van der Waals surface area contributed by atoms with Crippen LogP contribution in [0.1, 0.15) is 67.2 Å². The molecule has 4 amide bonds. The number of carbonyl (C=O) groups excluding carboxylic acids is 2. The third-order valence-electron chi connectivity index (χ3n) is 8.10. The Bertz CT molecular complexity index is 1090. The number of anilines is 4. The second-order valence-electron chi connectivity index (χ2n) is 15.5. The van der Waals surface area contributed by atoms with Crippen molar-refractivity contribution in [3.8, 4) is 0 Å². The Labute approximate surface area is 267 Å². The topological polar surface area (TPSA) is 71.2 Å². The molecule has 44 heavy (non-hydrogen) atoms. The normalized spacial score (nSPS) is 17.0. The Morgan fingerprint density at radius 3 is 1.14 bits per heavy atom. The van der Waals surface area contributed by atoms with Crippen LogP contribution in [0.4, 0.5) is 32.3 Å². The van der Waals surface area contributed by atoms with Crippen LogP contribution < -0.4 is 20.4 Å². The zero-order valence-corrected chi connectivity index (χ0v) is 29.0. The number of amides is 4. The van der Waals surface area contributed by atoms with E-state index in [1.165, 1.54) is 0 Å². The monoisotopic (exact) mass is 606 g/mol. The van der Waals surface area contributed by atoms with Crippen molar-refractivity contribution in [1.82, 2.24) is 9.80 Å². The molecule has 1 aliphatic rings. The van der Waals surface area contributed by atoms with Crippen molar-refractivity contribution in [2.24, 2.45) is 22.7 Å². The summed E-state index contributed by atoms with van der Waals surface area (Å²) in [6.45, 7) is 16.0. The molecule has 0 aliphatic heterocycles. The fourth-order valence-corrected chi connectivity index (χ4v) is 5.89. The Hall–Kier alpha value is -3.42. The Morgan fingerprint density at radius 1 is 0.591 bits per heavy atom. The van der Waals surface area contributed by atoms with E-state index < -0.39 is 0 Å². The van der Waals surface area contributed by atoms with Gasteiger partial charge in [0.2, 0.25) is 0 Å². The molecule has 3 rings (SSSR count). The van der Waals surface area contributed by atoms with Crippen LogP contribution >= 0.6 is 0 Å². The molecule has 1 fully saturated rings. The van der Waals surface area contributed by atoms with E-state index >= 15 is 0 Å². The van der Waals surface area contributed by atoms with E-state index in [2.05, 4.69) is 52.2 Å². The first kappa shape index (κ1) is 35.1. The number of hydrogen-bond acceptors (Lipinski definition) is 4. The maximum absolute atomic E-state index is 13.5. The largest absolute Gasteiger partial charge is 0.378 e. The summed E-state index contributed by atoms with van der Waals surface area (Å²) >= 11 is 0. The number of hydrogen-bond donors (Lipinski definition) is 2. The van der Waals surface area contributed by atoms with Crippen LogP contribution in [-0.2, 0) is 0 Å². The predicted octanol–water partition coefficient (Wildman–Crippen LogP) is 8.09.